The first-order valence-electron chi connectivity index (χ1n) is 10.3. The SMILES string of the molecule is Cc1c(-c2c[nH]n(-c3ccc(C(=O)N4CCN(C)[C@H](C)C4)cn3)c2=O)ccc(C#N)c1F. The Bertz CT molecular complexity index is 1270. The van der Waals surface area contributed by atoms with E-state index in [1.807, 2.05) is 11.9 Å². The molecule has 3 aromatic rings. The molecule has 8 nitrogen and oxygen atoms in total. The van der Waals surface area contributed by atoms with Crippen molar-refractivity contribution in [2.24, 2.45) is 0 Å². The molecule has 9 heteroatoms. The second-order valence-corrected chi connectivity index (χ2v) is 8.03. The molecule has 1 fully saturated rings. The molecule has 164 valence electrons. The Hall–Kier alpha value is -3.77. The third-order valence-corrected chi connectivity index (χ3v) is 6.04. The number of piperazine rings is 1. The summed E-state index contributed by atoms with van der Waals surface area (Å²) in [6.45, 7) is 5.73. The Morgan fingerprint density at radius 3 is 2.69 bits per heavy atom. The van der Waals surface area contributed by atoms with Crippen molar-refractivity contribution in [2.75, 3.05) is 26.7 Å². The molecule has 1 aliphatic rings. The third kappa shape index (κ3) is 3.69. The van der Waals surface area contributed by atoms with Crippen molar-refractivity contribution >= 4 is 5.91 Å². The fraction of sp³-hybridized carbons (Fsp3) is 0.304. The van der Waals surface area contributed by atoms with Gasteiger partial charge in [-0.25, -0.2) is 14.1 Å². The van der Waals surface area contributed by atoms with Crippen LogP contribution in [0.5, 0.6) is 0 Å². The Morgan fingerprint density at radius 1 is 1.25 bits per heavy atom. The zero-order chi connectivity index (χ0) is 23.0. The maximum atomic E-state index is 14.3. The fourth-order valence-corrected chi connectivity index (χ4v) is 3.86. The molecule has 4 rings (SSSR count). The Kier molecular flexibility index (Phi) is 5.63. The van der Waals surface area contributed by atoms with E-state index in [9.17, 15) is 14.0 Å². The second-order valence-electron chi connectivity index (χ2n) is 8.03. The third-order valence-electron chi connectivity index (χ3n) is 6.04. The van der Waals surface area contributed by atoms with E-state index in [-0.39, 0.29) is 28.6 Å². The number of aromatic amines is 1. The van der Waals surface area contributed by atoms with Gasteiger partial charge in [0, 0.05) is 38.1 Å². The summed E-state index contributed by atoms with van der Waals surface area (Å²) < 4.78 is 15.6. The van der Waals surface area contributed by atoms with E-state index in [0.29, 0.717) is 30.0 Å². The van der Waals surface area contributed by atoms with Gasteiger partial charge in [0.15, 0.2) is 5.82 Å². The number of nitriles is 1. The summed E-state index contributed by atoms with van der Waals surface area (Å²) in [4.78, 5) is 34.1. The average Bonchev–Trinajstić information content (AvgIpc) is 3.18. The number of benzene rings is 1. The van der Waals surface area contributed by atoms with Crippen LogP contribution in [0.1, 0.15) is 28.4 Å². The van der Waals surface area contributed by atoms with Gasteiger partial charge >= 0.3 is 0 Å². The second kappa shape index (κ2) is 8.40. The number of halogens is 1. The van der Waals surface area contributed by atoms with Gasteiger partial charge in [-0.15, -0.1) is 0 Å². The van der Waals surface area contributed by atoms with E-state index in [0.717, 1.165) is 6.54 Å². The number of pyridine rings is 1. The highest BCUT2D eigenvalue weighted by Crippen LogP contribution is 2.25. The number of nitrogens with one attached hydrogen (secondary N) is 1. The summed E-state index contributed by atoms with van der Waals surface area (Å²) in [5, 5.41) is 11.8. The fourth-order valence-electron chi connectivity index (χ4n) is 3.86. The number of rotatable bonds is 3. The summed E-state index contributed by atoms with van der Waals surface area (Å²) >= 11 is 0. The average molecular weight is 434 g/mol. The molecule has 1 saturated heterocycles. The van der Waals surface area contributed by atoms with Gasteiger partial charge < -0.3 is 9.80 Å². The minimum atomic E-state index is -0.642. The molecule has 2 aromatic heterocycles. The molecule has 1 amide bonds. The number of carbonyl (C=O) groups is 1. The minimum Gasteiger partial charge on any atom is -0.336 e. The number of hydrogen-bond acceptors (Lipinski definition) is 5. The molecule has 1 atom stereocenters. The van der Waals surface area contributed by atoms with E-state index in [2.05, 4.69) is 21.9 Å². The number of hydrogen-bond donors (Lipinski definition) is 1. The van der Waals surface area contributed by atoms with Crippen molar-refractivity contribution in [1.29, 1.82) is 5.26 Å². The summed E-state index contributed by atoms with van der Waals surface area (Å²) in [5.41, 5.74) is 0.866. The van der Waals surface area contributed by atoms with Crippen LogP contribution in [0.25, 0.3) is 16.9 Å². The molecule has 0 bridgehead atoms. The van der Waals surface area contributed by atoms with Crippen LogP contribution in [0.4, 0.5) is 4.39 Å². The van der Waals surface area contributed by atoms with Crippen LogP contribution in [-0.4, -0.2) is 63.2 Å². The van der Waals surface area contributed by atoms with Crippen LogP contribution in [0.2, 0.25) is 0 Å². The molecule has 0 saturated carbocycles. The predicted molar refractivity (Wildman–Crippen MR) is 117 cm³/mol. The molecule has 1 N–H and O–H groups in total. The molecule has 0 spiro atoms. The minimum absolute atomic E-state index is 0.0706. The van der Waals surface area contributed by atoms with Crippen molar-refractivity contribution in [3.63, 3.8) is 0 Å². The van der Waals surface area contributed by atoms with Gasteiger partial charge in [-0.2, -0.15) is 5.26 Å². The van der Waals surface area contributed by atoms with E-state index in [1.165, 1.54) is 30.1 Å². The lowest BCUT2D eigenvalue weighted by molar-refractivity contribution is 0.0572. The maximum Gasteiger partial charge on any atom is 0.280 e. The van der Waals surface area contributed by atoms with Crippen LogP contribution in [0.15, 0.2) is 41.5 Å². The number of amides is 1. The van der Waals surface area contributed by atoms with Gasteiger partial charge in [0.1, 0.15) is 11.9 Å². The largest absolute Gasteiger partial charge is 0.336 e. The first-order chi connectivity index (χ1) is 15.3. The highest BCUT2D eigenvalue weighted by Gasteiger charge is 2.25. The van der Waals surface area contributed by atoms with Crippen molar-refractivity contribution in [1.82, 2.24) is 24.6 Å². The van der Waals surface area contributed by atoms with E-state index < -0.39 is 11.4 Å². The first kappa shape index (κ1) is 21.5. The summed E-state index contributed by atoms with van der Waals surface area (Å²) in [6.07, 6.45) is 2.93. The molecular formula is C23H23FN6O2. The van der Waals surface area contributed by atoms with Crippen LogP contribution in [0, 0.1) is 24.1 Å². The molecule has 1 aromatic carbocycles. The monoisotopic (exact) mass is 434 g/mol. The smallest absolute Gasteiger partial charge is 0.280 e. The summed E-state index contributed by atoms with van der Waals surface area (Å²) in [7, 11) is 2.04. The molecule has 0 radical (unpaired) electrons. The van der Waals surface area contributed by atoms with E-state index in [4.69, 9.17) is 5.26 Å². The summed E-state index contributed by atoms with van der Waals surface area (Å²) in [5.74, 6) is -0.417. The van der Waals surface area contributed by atoms with Gasteiger partial charge in [-0.05, 0) is 50.2 Å². The van der Waals surface area contributed by atoms with E-state index in [1.54, 1.807) is 24.3 Å². The molecule has 32 heavy (non-hydrogen) atoms. The van der Waals surface area contributed by atoms with Crippen molar-refractivity contribution < 1.29 is 9.18 Å². The van der Waals surface area contributed by atoms with Crippen LogP contribution >= 0.6 is 0 Å². The molecular weight excluding hydrogens is 411 g/mol. The molecule has 0 aliphatic carbocycles. The lowest BCUT2D eigenvalue weighted by Crippen LogP contribution is -2.52. The number of H-pyrrole nitrogens is 1. The lowest BCUT2D eigenvalue weighted by Gasteiger charge is -2.37. The highest BCUT2D eigenvalue weighted by molar-refractivity contribution is 5.94. The lowest BCUT2D eigenvalue weighted by atomic mass is 10.0. The van der Waals surface area contributed by atoms with Crippen LogP contribution in [0.3, 0.4) is 0 Å². The Balaban J connectivity index is 1.59. The van der Waals surface area contributed by atoms with Crippen molar-refractivity contribution in [3.05, 3.63) is 69.5 Å². The maximum absolute atomic E-state index is 14.3. The number of likely N-dealkylation sites (N-methyl/N-ethyl adjacent to an activating group) is 1. The van der Waals surface area contributed by atoms with Crippen molar-refractivity contribution in [3.8, 4) is 23.0 Å². The van der Waals surface area contributed by atoms with Crippen LogP contribution in [-0.2, 0) is 0 Å². The number of carbonyl (C=O) groups excluding carboxylic acids is 1. The quantitative estimate of drug-likeness (QED) is 0.682. The zero-order valence-corrected chi connectivity index (χ0v) is 18.1. The van der Waals surface area contributed by atoms with Gasteiger partial charge in [-0.1, -0.05) is 6.07 Å². The highest BCUT2D eigenvalue weighted by atomic mass is 19.1. The zero-order valence-electron chi connectivity index (χ0n) is 18.1. The van der Waals surface area contributed by atoms with Gasteiger partial charge in [-0.3, -0.25) is 14.7 Å². The van der Waals surface area contributed by atoms with E-state index >= 15 is 0 Å². The Morgan fingerprint density at radius 2 is 2.03 bits per heavy atom. The molecule has 1 aliphatic heterocycles. The number of aromatic nitrogens is 3. The standard InChI is InChI=1S/C23H23FN6O2/c1-14-13-29(9-8-28(14)3)22(31)17-5-7-20(26-11-17)30-23(32)19(12-27-30)18-6-4-16(10-25)21(24)15(18)2/h4-7,11-12,14,27H,8-9,13H2,1-3H3/t14-/m1/s1. The molecule has 0 unspecified atom stereocenters. The van der Waals surface area contributed by atoms with Gasteiger partial charge in [0.25, 0.3) is 11.5 Å². The van der Waals surface area contributed by atoms with Crippen LogP contribution < -0.4 is 5.56 Å². The van der Waals surface area contributed by atoms with Crippen molar-refractivity contribution in [2.45, 2.75) is 19.9 Å². The Labute approximate surface area is 184 Å². The van der Waals surface area contributed by atoms with Gasteiger partial charge in [0.05, 0.1) is 16.7 Å². The topological polar surface area (TPSA) is 98.0 Å². The first-order valence-corrected chi connectivity index (χ1v) is 10.3. The molecule has 3 heterocycles. The normalized spacial score (nSPS) is 16.7. The number of nitrogens with zero attached hydrogens (tertiary/aromatic N) is 5. The summed E-state index contributed by atoms with van der Waals surface area (Å²) in [6, 6.07) is 8.23. The van der Waals surface area contributed by atoms with Gasteiger partial charge in [0.2, 0.25) is 0 Å². The predicted octanol–water partition coefficient (Wildman–Crippen LogP) is 2.32.